The zero-order chi connectivity index (χ0) is 22.1. The second-order valence-corrected chi connectivity index (χ2v) is 7.71. The van der Waals surface area contributed by atoms with E-state index in [4.69, 9.17) is 5.10 Å². The van der Waals surface area contributed by atoms with Gasteiger partial charge in [0.15, 0.2) is 0 Å². The lowest BCUT2D eigenvalue weighted by molar-refractivity contribution is 0.165. The summed E-state index contributed by atoms with van der Waals surface area (Å²) in [5.74, 6) is -1.26. The summed E-state index contributed by atoms with van der Waals surface area (Å²) >= 11 is 0. The molecule has 3 aromatic rings. The Labute approximate surface area is 178 Å². The molecule has 2 amide bonds. The number of carbonyl (C=O) groups excluding carboxylic acids is 1. The summed E-state index contributed by atoms with van der Waals surface area (Å²) in [4.78, 5) is 15.8. The molecule has 31 heavy (non-hydrogen) atoms. The second-order valence-electron chi connectivity index (χ2n) is 7.71. The van der Waals surface area contributed by atoms with Crippen molar-refractivity contribution in [3.05, 3.63) is 76.5 Å². The Morgan fingerprint density at radius 2 is 2.03 bits per heavy atom. The number of nitriles is 1. The highest BCUT2D eigenvalue weighted by molar-refractivity contribution is 5.75. The van der Waals surface area contributed by atoms with Crippen molar-refractivity contribution in [1.29, 1.82) is 5.26 Å². The largest absolute Gasteiger partial charge is 0.331 e. The van der Waals surface area contributed by atoms with Crippen molar-refractivity contribution < 1.29 is 13.6 Å². The number of fused-ring (bicyclic) bond motifs is 1. The zero-order valence-corrected chi connectivity index (χ0v) is 17.3. The van der Waals surface area contributed by atoms with E-state index in [9.17, 15) is 18.8 Å². The van der Waals surface area contributed by atoms with Crippen molar-refractivity contribution in [1.82, 2.24) is 19.6 Å². The third-order valence-corrected chi connectivity index (χ3v) is 5.39. The molecule has 0 spiro atoms. The SMILES string of the molecule is CN(C)C(=O)N1CCc2c(c(-c3cccc(C#N)c3)nn2Cc2ccc(F)cc2F)C1. The van der Waals surface area contributed by atoms with Gasteiger partial charge in [0.2, 0.25) is 0 Å². The smallest absolute Gasteiger partial charge is 0.319 e. The number of hydrogen-bond donors (Lipinski definition) is 0. The van der Waals surface area contributed by atoms with Gasteiger partial charge in [-0.15, -0.1) is 0 Å². The molecule has 0 aliphatic carbocycles. The normalized spacial score (nSPS) is 12.9. The van der Waals surface area contributed by atoms with E-state index in [1.165, 1.54) is 17.0 Å². The number of rotatable bonds is 3. The van der Waals surface area contributed by atoms with Gasteiger partial charge in [-0.1, -0.05) is 18.2 Å². The van der Waals surface area contributed by atoms with Crippen LogP contribution in [0, 0.1) is 23.0 Å². The summed E-state index contributed by atoms with van der Waals surface area (Å²) in [5, 5.41) is 14.0. The Bertz CT molecular complexity index is 1200. The molecule has 2 aromatic carbocycles. The van der Waals surface area contributed by atoms with E-state index in [2.05, 4.69) is 6.07 Å². The number of amides is 2. The standard InChI is InChI=1S/C23H21F2N5O/c1-28(2)23(31)29-9-8-21-19(14-29)22(16-5-3-4-15(10-16)12-26)27-30(21)13-17-6-7-18(24)11-20(17)25/h3-7,10-11H,8-9,13-14H2,1-2H3. The van der Waals surface area contributed by atoms with E-state index in [1.54, 1.807) is 41.9 Å². The predicted octanol–water partition coefficient (Wildman–Crippen LogP) is 3.79. The van der Waals surface area contributed by atoms with Crippen LogP contribution in [0.2, 0.25) is 0 Å². The van der Waals surface area contributed by atoms with Crippen molar-refractivity contribution in [2.75, 3.05) is 20.6 Å². The molecular formula is C23H21F2N5O. The predicted molar refractivity (Wildman–Crippen MR) is 111 cm³/mol. The van der Waals surface area contributed by atoms with Gasteiger partial charge >= 0.3 is 6.03 Å². The van der Waals surface area contributed by atoms with E-state index in [1.807, 2.05) is 6.07 Å². The van der Waals surface area contributed by atoms with Gasteiger partial charge in [-0.3, -0.25) is 4.68 Å². The maximum Gasteiger partial charge on any atom is 0.319 e. The minimum atomic E-state index is -0.629. The fourth-order valence-corrected chi connectivity index (χ4v) is 3.85. The molecule has 2 heterocycles. The van der Waals surface area contributed by atoms with Crippen molar-refractivity contribution >= 4 is 6.03 Å². The summed E-state index contributed by atoms with van der Waals surface area (Å²) in [6.45, 7) is 1.03. The second kappa shape index (κ2) is 8.19. The maximum absolute atomic E-state index is 14.3. The highest BCUT2D eigenvalue weighted by Gasteiger charge is 2.29. The Kier molecular flexibility index (Phi) is 5.42. The molecule has 0 atom stereocenters. The Hall–Kier alpha value is -3.73. The highest BCUT2D eigenvalue weighted by Crippen LogP contribution is 2.31. The van der Waals surface area contributed by atoms with Crippen molar-refractivity contribution in [2.24, 2.45) is 0 Å². The summed E-state index contributed by atoms with van der Waals surface area (Å²) in [6, 6.07) is 12.6. The van der Waals surface area contributed by atoms with Gasteiger partial charge in [0, 0.05) is 55.5 Å². The number of benzene rings is 2. The molecule has 0 saturated carbocycles. The number of aromatic nitrogens is 2. The third-order valence-electron chi connectivity index (χ3n) is 5.39. The summed E-state index contributed by atoms with van der Waals surface area (Å²) in [7, 11) is 3.41. The minimum Gasteiger partial charge on any atom is -0.331 e. The number of nitrogens with zero attached hydrogens (tertiary/aromatic N) is 5. The number of hydrogen-bond acceptors (Lipinski definition) is 3. The molecule has 1 aromatic heterocycles. The lowest BCUT2D eigenvalue weighted by atomic mass is 10.00. The van der Waals surface area contributed by atoms with Crippen molar-refractivity contribution in [2.45, 2.75) is 19.5 Å². The van der Waals surface area contributed by atoms with Crippen LogP contribution < -0.4 is 0 Å². The lowest BCUT2D eigenvalue weighted by Crippen LogP contribution is -2.42. The molecule has 4 rings (SSSR count). The zero-order valence-electron chi connectivity index (χ0n) is 17.3. The molecule has 0 bridgehead atoms. The molecule has 0 radical (unpaired) electrons. The third kappa shape index (κ3) is 3.99. The van der Waals surface area contributed by atoms with E-state index in [-0.39, 0.29) is 12.6 Å². The average molecular weight is 421 g/mol. The summed E-state index contributed by atoms with van der Waals surface area (Å²) < 4.78 is 29.3. The van der Waals surface area contributed by atoms with Crippen LogP contribution in [0.4, 0.5) is 13.6 Å². The first-order chi connectivity index (χ1) is 14.9. The Balaban J connectivity index is 1.79. The fraction of sp³-hybridized carbons (Fsp3) is 0.261. The first kappa shape index (κ1) is 20.5. The van der Waals surface area contributed by atoms with Gasteiger partial charge in [0.05, 0.1) is 30.4 Å². The monoisotopic (exact) mass is 421 g/mol. The number of urea groups is 1. The van der Waals surface area contributed by atoms with Crippen LogP contribution in [0.5, 0.6) is 0 Å². The molecule has 0 unspecified atom stereocenters. The number of carbonyl (C=O) groups is 1. The van der Waals surface area contributed by atoms with E-state index in [0.717, 1.165) is 22.9 Å². The summed E-state index contributed by atoms with van der Waals surface area (Å²) in [5.41, 5.74) is 4.03. The summed E-state index contributed by atoms with van der Waals surface area (Å²) in [6.07, 6.45) is 0.558. The molecular weight excluding hydrogens is 400 g/mol. The minimum absolute atomic E-state index is 0.0975. The van der Waals surface area contributed by atoms with Crippen LogP contribution >= 0.6 is 0 Å². The van der Waals surface area contributed by atoms with Crippen LogP contribution in [-0.2, 0) is 19.5 Å². The first-order valence-electron chi connectivity index (χ1n) is 9.86. The first-order valence-corrected chi connectivity index (χ1v) is 9.86. The van der Waals surface area contributed by atoms with Crippen LogP contribution in [0.15, 0.2) is 42.5 Å². The molecule has 0 saturated heterocycles. The lowest BCUT2D eigenvalue weighted by Gasteiger charge is -2.30. The molecule has 8 heteroatoms. The van der Waals surface area contributed by atoms with Gasteiger partial charge in [-0.25, -0.2) is 13.6 Å². The highest BCUT2D eigenvalue weighted by atomic mass is 19.1. The molecule has 0 N–H and O–H groups in total. The van der Waals surface area contributed by atoms with Gasteiger partial charge < -0.3 is 9.80 Å². The van der Waals surface area contributed by atoms with E-state index < -0.39 is 11.6 Å². The quantitative estimate of drug-likeness (QED) is 0.646. The van der Waals surface area contributed by atoms with Crippen LogP contribution in [0.3, 0.4) is 0 Å². The molecule has 1 aliphatic rings. The van der Waals surface area contributed by atoms with Crippen molar-refractivity contribution in [3.63, 3.8) is 0 Å². The maximum atomic E-state index is 14.3. The van der Waals surface area contributed by atoms with Gasteiger partial charge in [0.25, 0.3) is 0 Å². The van der Waals surface area contributed by atoms with Crippen LogP contribution in [-0.4, -0.2) is 46.3 Å². The molecule has 0 fully saturated rings. The average Bonchev–Trinajstić information content (AvgIpc) is 3.12. The Morgan fingerprint density at radius 3 is 2.74 bits per heavy atom. The van der Waals surface area contributed by atoms with Crippen LogP contribution in [0.1, 0.15) is 22.4 Å². The fourth-order valence-electron chi connectivity index (χ4n) is 3.85. The van der Waals surface area contributed by atoms with Gasteiger partial charge in [-0.05, 0) is 18.2 Å². The Morgan fingerprint density at radius 1 is 1.23 bits per heavy atom. The van der Waals surface area contributed by atoms with Crippen molar-refractivity contribution in [3.8, 4) is 17.3 Å². The van der Waals surface area contributed by atoms with Gasteiger partial charge in [0.1, 0.15) is 11.6 Å². The molecule has 1 aliphatic heterocycles. The topological polar surface area (TPSA) is 65.2 Å². The molecule has 158 valence electrons. The van der Waals surface area contributed by atoms with E-state index >= 15 is 0 Å². The van der Waals surface area contributed by atoms with E-state index in [0.29, 0.717) is 36.3 Å². The number of halogens is 2. The van der Waals surface area contributed by atoms with Gasteiger partial charge in [-0.2, -0.15) is 10.4 Å². The van der Waals surface area contributed by atoms with Crippen LogP contribution in [0.25, 0.3) is 11.3 Å². The molecule has 6 nitrogen and oxygen atoms in total.